The number of rotatable bonds is 2. The topological polar surface area (TPSA) is 26.0 Å². The van der Waals surface area contributed by atoms with Crippen LogP contribution in [0, 0.1) is 0 Å². The Balaban J connectivity index is 2.18. The summed E-state index contributed by atoms with van der Waals surface area (Å²) in [6.07, 6.45) is 7.77. The van der Waals surface area contributed by atoms with Crippen LogP contribution in [-0.2, 0) is 11.8 Å². The molecule has 2 N–H and O–H groups in total. The molecule has 0 fully saturated rings. The van der Waals surface area contributed by atoms with Gasteiger partial charge in [0.2, 0.25) is 0 Å². The minimum Gasteiger partial charge on any atom is -0.400 e. The molecule has 0 aliphatic heterocycles. The van der Waals surface area contributed by atoms with Crippen LogP contribution < -0.4 is 5.73 Å². The molecule has 0 spiro atoms. The first-order valence-electron chi connectivity index (χ1n) is 8.12. The number of nitrogens with two attached hydrogens (primary N) is 1. The Morgan fingerprint density at radius 2 is 2.05 bits per heavy atom. The molecule has 2 heteroatoms. The van der Waals surface area contributed by atoms with E-state index in [9.17, 15) is 4.39 Å². The van der Waals surface area contributed by atoms with Crippen molar-refractivity contribution in [1.29, 1.82) is 0 Å². The van der Waals surface area contributed by atoms with E-state index >= 15 is 0 Å². The lowest BCUT2D eigenvalue weighted by molar-refractivity contribution is 0.507. The smallest absolute Gasteiger partial charge is 0.145 e. The fourth-order valence-electron chi connectivity index (χ4n) is 3.87. The number of allylic oxidation sites excluding steroid dienone is 5. The number of benzene rings is 1. The van der Waals surface area contributed by atoms with Crippen LogP contribution in [0.25, 0.3) is 6.08 Å². The minimum absolute atomic E-state index is 0.175. The van der Waals surface area contributed by atoms with Crippen molar-refractivity contribution in [3.8, 4) is 0 Å². The molecule has 0 radical (unpaired) electrons. The highest BCUT2D eigenvalue weighted by atomic mass is 19.1. The van der Waals surface area contributed by atoms with Crippen LogP contribution in [0.5, 0.6) is 0 Å². The zero-order valence-electron chi connectivity index (χ0n) is 13.7. The van der Waals surface area contributed by atoms with Gasteiger partial charge in [-0.15, -0.1) is 0 Å². The minimum atomic E-state index is -0.325. The maximum atomic E-state index is 14.7. The summed E-state index contributed by atoms with van der Waals surface area (Å²) >= 11 is 0. The molecule has 1 aromatic carbocycles. The standard InChI is InChI=1S/C20H24FN/c1-4-5-7-13-8-6-9-16-15(13)12-14-10-11-17(22)19(21)18(14)20(16,2)3/h5-9H,4,10-12,22H2,1-3H3/b7-5-. The Kier molecular flexibility index (Phi) is 3.72. The van der Waals surface area contributed by atoms with Crippen molar-refractivity contribution in [3.63, 3.8) is 0 Å². The highest BCUT2D eigenvalue weighted by molar-refractivity contribution is 5.64. The number of hydrogen-bond donors (Lipinski definition) is 1. The third-order valence-electron chi connectivity index (χ3n) is 4.98. The fraction of sp³-hybridized carbons (Fsp3) is 0.400. The maximum Gasteiger partial charge on any atom is 0.145 e. The number of fused-ring (bicyclic) bond motifs is 1. The van der Waals surface area contributed by atoms with Crippen LogP contribution in [0.4, 0.5) is 4.39 Å². The van der Waals surface area contributed by atoms with E-state index in [1.807, 2.05) is 0 Å². The summed E-state index contributed by atoms with van der Waals surface area (Å²) < 4.78 is 14.7. The predicted molar refractivity (Wildman–Crippen MR) is 91.1 cm³/mol. The van der Waals surface area contributed by atoms with Crippen LogP contribution >= 0.6 is 0 Å². The fourth-order valence-corrected chi connectivity index (χ4v) is 3.87. The van der Waals surface area contributed by atoms with Gasteiger partial charge < -0.3 is 5.73 Å². The molecule has 0 saturated heterocycles. The van der Waals surface area contributed by atoms with Gasteiger partial charge in [0.25, 0.3) is 0 Å². The lowest BCUT2D eigenvalue weighted by atomic mass is 9.65. The van der Waals surface area contributed by atoms with Crippen LogP contribution in [-0.4, -0.2) is 0 Å². The summed E-state index contributed by atoms with van der Waals surface area (Å²) in [7, 11) is 0. The van der Waals surface area contributed by atoms with Crippen LogP contribution in [0.2, 0.25) is 0 Å². The van der Waals surface area contributed by atoms with Gasteiger partial charge in [0, 0.05) is 11.1 Å². The molecule has 2 aliphatic rings. The highest BCUT2D eigenvalue weighted by Gasteiger charge is 2.39. The van der Waals surface area contributed by atoms with E-state index in [4.69, 9.17) is 5.73 Å². The van der Waals surface area contributed by atoms with E-state index in [0.717, 1.165) is 24.8 Å². The van der Waals surface area contributed by atoms with E-state index in [0.29, 0.717) is 12.1 Å². The monoisotopic (exact) mass is 297 g/mol. The molecule has 116 valence electrons. The Morgan fingerprint density at radius 3 is 2.77 bits per heavy atom. The summed E-state index contributed by atoms with van der Waals surface area (Å²) in [5, 5.41) is 0. The van der Waals surface area contributed by atoms with Crippen molar-refractivity contribution >= 4 is 6.08 Å². The molecule has 0 saturated carbocycles. The Morgan fingerprint density at radius 1 is 1.27 bits per heavy atom. The van der Waals surface area contributed by atoms with E-state index in [1.165, 1.54) is 22.3 Å². The van der Waals surface area contributed by atoms with Gasteiger partial charge in [-0.25, -0.2) is 4.39 Å². The van der Waals surface area contributed by atoms with Crippen molar-refractivity contribution in [2.24, 2.45) is 5.73 Å². The van der Waals surface area contributed by atoms with Gasteiger partial charge in [-0.1, -0.05) is 56.7 Å². The highest BCUT2D eigenvalue weighted by Crippen LogP contribution is 2.49. The lowest BCUT2D eigenvalue weighted by Gasteiger charge is -2.39. The van der Waals surface area contributed by atoms with E-state index in [2.05, 4.69) is 51.1 Å². The van der Waals surface area contributed by atoms with Gasteiger partial charge in [0.15, 0.2) is 0 Å². The SMILES string of the molecule is CC/C=C\c1cccc2c1CC1=C(C(F)=C(N)CC1)C2(C)C. The summed E-state index contributed by atoms with van der Waals surface area (Å²) in [6, 6.07) is 6.38. The first kappa shape index (κ1) is 15.1. The number of hydrogen-bond acceptors (Lipinski definition) is 1. The molecule has 0 atom stereocenters. The Hall–Kier alpha value is -1.83. The van der Waals surface area contributed by atoms with Crippen LogP contribution in [0.3, 0.4) is 0 Å². The average molecular weight is 297 g/mol. The van der Waals surface area contributed by atoms with E-state index in [1.54, 1.807) is 0 Å². The molecule has 3 rings (SSSR count). The van der Waals surface area contributed by atoms with Gasteiger partial charge >= 0.3 is 0 Å². The maximum absolute atomic E-state index is 14.7. The summed E-state index contributed by atoms with van der Waals surface area (Å²) in [5.74, 6) is -0.175. The molecule has 2 aliphatic carbocycles. The summed E-state index contributed by atoms with van der Waals surface area (Å²) in [4.78, 5) is 0. The molecule has 0 unspecified atom stereocenters. The summed E-state index contributed by atoms with van der Waals surface area (Å²) in [5.41, 5.74) is 11.9. The van der Waals surface area contributed by atoms with Crippen molar-refractivity contribution in [2.75, 3.05) is 0 Å². The molecule has 1 nitrogen and oxygen atoms in total. The second-order valence-corrected chi connectivity index (χ2v) is 6.80. The van der Waals surface area contributed by atoms with Gasteiger partial charge in [0.05, 0.1) is 0 Å². The Labute approximate surface area is 132 Å². The van der Waals surface area contributed by atoms with Crippen molar-refractivity contribution in [1.82, 2.24) is 0 Å². The second-order valence-electron chi connectivity index (χ2n) is 6.80. The Bertz CT molecular complexity index is 704. The molecule has 22 heavy (non-hydrogen) atoms. The summed E-state index contributed by atoms with van der Waals surface area (Å²) in [6.45, 7) is 6.37. The molecule has 0 amide bonds. The zero-order valence-corrected chi connectivity index (χ0v) is 13.7. The largest absolute Gasteiger partial charge is 0.400 e. The first-order chi connectivity index (χ1) is 10.5. The second kappa shape index (κ2) is 5.42. The third kappa shape index (κ3) is 2.22. The molecular formula is C20H24FN. The average Bonchev–Trinajstić information content (AvgIpc) is 2.49. The molecule has 1 aromatic rings. The van der Waals surface area contributed by atoms with Crippen LogP contribution in [0.15, 0.2) is 46.9 Å². The normalized spacial score (nSPS) is 20.4. The van der Waals surface area contributed by atoms with Crippen molar-refractivity contribution < 1.29 is 4.39 Å². The van der Waals surface area contributed by atoms with E-state index < -0.39 is 0 Å². The quantitative estimate of drug-likeness (QED) is 0.800. The third-order valence-corrected chi connectivity index (χ3v) is 4.98. The first-order valence-corrected chi connectivity index (χ1v) is 8.12. The molecular weight excluding hydrogens is 273 g/mol. The molecule has 0 bridgehead atoms. The van der Waals surface area contributed by atoms with Gasteiger partial charge in [-0.2, -0.15) is 0 Å². The van der Waals surface area contributed by atoms with Gasteiger partial charge in [-0.3, -0.25) is 0 Å². The van der Waals surface area contributed by atoms with E-state index in [-0.39, 0.29) is 11.2 Å². The molecule has 0 aromatic heterocycles. The van der Waals surface area contributed by atoms with Crippen molar-refractivity contribution in [3.05, 3.63) is 63.6 Å². The van der Waals surface area contributed by atoms with Crippen LogP contribution in [0.1, 0.15) is 56.7 Å². The van der Waals surface area contributed by atoms with Gasteiger partial charge in [0.1, 0.15) is 5.83 Å². The number of halogens is 1. The zero-order chi connectivity index (χ0) is 15.9. The lowest BCUT2D eigenvalue weighted by Crippen LogP contribution is -2.31. The molecule has 0 heterocycles. The van der Waals surface area contributed by atoms with Crippen molar-refractivity contribution in [2.45, 2.75) is 51.9 Å². The van der Waals surface area contributed by atoms with Gasteiger partial charge in [-0.05, 0) is 47.9 Å². The predicted octanol–water partition coefficient (Wildman–Crippen LogP) is 5.17.